The Balaban J connectivity index is 1.54. The summed E-state index contributed by atoms with van der Waals surface area (Å²) in [5.74, 6) is 0.529. The second kappa shape index (κ2) is 12.1. The fourth-order valence-corrected chi connectivity index (χ4v) is 6.71. The topological polar surface area (TPSA) is 67.2 Å². The van der Waals surface area contributed by atoms with Gasteiger partial charge in [-0.05, 0) is 42.2 Å². The van der Waals surface area contributed by atoms with Gasteiger partial charge in [0.15, 0.2) is 0 Å². The molecular weight excluding hydrogens is 540 g/mol. The van der Waals surface area contributed by atoms with Crippen LogP contribution in [0.2, 0.25) is 0 Å². The molecule has 5 aromatic rings. The van der Waals surface area contributed by atoms with Gasteiger partial charge in [0.25, 0.3) is 0 Å². The Hall–Kier alpha value is -4.62. The number of aromatic nitrogens is 2. The first-order valence-electron chi connectivity index (χ1n) is 14.0. The van der Waals surface area contributed by atoms with Crippen LogP contribution in [0.15, 0.2) is 109 Å². The van der Waals surface area contributed by atoms with Crippen molar-refractivity contribution in [3.8, 4) is 16.9 Å². The quantitative estimate of drug-likeness (QED) is 0.237. The Morgan fingerprint density at radius 3 is 2.21 bits per heavy atom. The highest BCUT2D eigenvalue weighted by Gasteiger charge is 2.38. The first-order chi connectivity index (χ1) is 20.5. The van der Waals surface area contributed by atoms with Gasteiger partial charge >= 0.3 is 0 Å². The fourth-order valence-electron chi connectivity index (χ4n) is 5.42. The average Bonchev–Trinajstić information content (AvgIpc) is 3.34. The highest BCUT2D eigenvalue weighted by atomic mass is 32.2. The van der Waals surface area contributed by atoms with Crippen LogP contribution in [0.4, 0.5) is 5.82 Å². The van der Waals surface area contributed by atoms with Crippen molar-refractivity contribution in [2.24, 2.45) is 0 Å². The van der Waals surface area contributed by atoms with Crippen molar-refractivity contribution in [1.29, 1.82) is 0 Å². The zero-order valence-corrected chi connectivity index (χ0v) is 24.5. The van der Waals surface area contributed by atoms with Crippen LogP contribution in [0.5, 0.6) is 0 Å². The van der Waals surface area contributed by atoms with Crippen molar-refractivity contribution >= 4 is 29.4 Å². The molecule has 6 nitrogen and oxygen atoms in total. The van der Waals surface area contributed by atoms with Gasteiger partial charge in [0.05, 0.1) is 22.4 Å². The molecule has 2 amide bonds. The number of carbonyl (C=O) groups is 2. The molecule has 6 rings (SSSR count). The van der Waals surface area contributed by atoms with E-state index < -0.39 is 0 Å². The van der Waals surface area contributed by atoms with Crippen molar-refractivity contribution < 1.29 is 9.59 Å². The minimum atomic E-state index is -0.226. The number of carbonyl (C=O) groups excluding carboxylic acids is 2. The Bertz CT molecular complexity index is 1730. The zero-order chi connectivity index (χ0) is 29.1. The number of rotatable bonds is 7. The van der Waals surface area contributed by atoms with Crippen molar-refractivity contribution in [2.45, 2.75) is 25.6 Å². The molecule has 1 aliphatic heterocycles. The highest BCUT2D eigenvalue weighted by Crippen LogP contribution is 2.49. The number of hydrogen-bond donors (Lipinski definition) is 1. The molecule has 1 N–H and O–H groups in total. The first kappa shape index (κ1) is 27.5. The molecule has 1 aromatic heterocycles. The predicted molar refractivity (Wildman–Crippen MR) is 170 cm³/mol. The molecule has 42 heavy (non-hydrogen) atoms. The fraction of sp³-hybridized carbons (Fsp3) is 0.171. The summed E-state index contributed by atoms with van der Waals surface area (Å²) < 4.78 is 1.87. The van der Waals surface area contributed by atoms with E-state index in [0.29, 0.717) is 12.4 Å². The number of nitrogens with zero attached hydrogens (tertiary/aromatic N) is 3. The number of benzene rings is 4. The van der Waals surface area contributed by atoms with Gasteiger partial charge < -0.3 is 5.32 Å². The summed E-state index contributed by atoms with van der Waals surface area (Å²) in [4.78, 5) is 29.0. The van der Waals surface area contributed by atoms with Crippen LogP contribution in [0.1, 0.15) is 33.1 Å². The molecule has 1 unspecified atom stereocenters. The largest absolute Gasteiger partial charge is 0.350 e. The zero-order valence-electron chi connectivity index (χ0n) is 23.7. The van der Waals surface area contributed by atoms with Crippen LogP contribution < -0.4 is 10.2 Å². The van der Waals surface area contributed by atoms with E-state index in [2.05, 4.69) is 24.4 Å². The number of aryl methyl sites for hydroxylation is 2. The summed E-state index contributed by atoms with van der Waals surface area (Å²) in [6.45, 7) is 4.42. The van der Waals surface area contributed by atoms with Gasteiger partial charge in [-0.25, -0.2) is 4.68 Å². The summed E-state index contributed by atoms with van der Waals surface area (Å²) in [7, 11) is 0. The van der Waals surface area contributed by atoms with Crippen LogP contribution in [-0.4, -0.2) is 33.9 Å². The number of para-hydroxylation sites is 1. The van der Waals surface area contributed by atoms with E-state index in [-0.39, 0.29) is 29.4 Å². The summed E-state index contributed by atoms with van der Waals surface area (Å²) >= 11 is 1.59. The van der Waals surface area contributed by atoms with Gasteiger partial charge in [-0.15, -0.1) is 11.8 Å². The lowest BCUT2D eigenvalue weighted by molar-refractivity contribution is -0.123. The van der Waals surface area contributed by atoms with Crippen molar-refractivity contribution in [1.82, 2.24) is 15.1 Å². The monoisotopic (exact) mass is 572 g/mol. The maximum absolute atomic E-state index is 13.9. The molecule has 0 aliphatic carbocycles. The Morgan fingerprint density at radius 2 is 1.50 bits per heavy atom. The van der Waals surface area contributed by atoms with Crippen molar-refractivity contribution in [3.05, 3.63) is 137 Å². The summed E-state index contributed by atoms with van der Waals surface area (Å²) in [5.41, 5.74) is 7.87. The van der Waals surface area contributed by atoms with E-state index >= 15 is 0 Å². The predicted octanol–water partition coefficient (Wildman–Crippen LogP) is 6.64. The lowest BCUT2D eigenvalue weighted by atomic mass is 9.96. The number of fused-ring (bicyclic) bond motifs is 1. The third-order valence-electron chi connectivity index (χ3n) is 7.59. The molecule has 4 aromatic carbocycles. The lowest BCUT2D eigenvalue weighted by Gasteiger charge is -2.24. The maximum Gasteiger partial charge on any atom is 0.240 e. The number of nitrogens with one attached hydrogen (secondary N) is 1. The standard InChI is InChI=1S/C35H32N4O2S/c1-24-13-9-11-19-28(24)34-32-33(27-17-7-4-8-18-27)37-39(29-20-12-10-14-25(29)2)35(32)38(31(41)23-42-34)22-30(40)36-21-26-15-5-3-6-16-26/h3-20,34H,21-23H2,1-2H3,(H,36,40). The second-order valence-electron chi connectivity index (χ2n) is 10.4. The molecule has 0 saturated heterocycles. The summed E-state index contributed by atoms with van der Waals surface area (Å²) in [6, 6.07) is 36.2. The van der Waals surface area contributed by atoms with E-state index in [1.807, 2.05) is 109 Å². The van der Waals surface area contributed by atoms with E-state index in [1.165, 1.54) is 0 Å². The van der Waals surface area contributed by atoms with E-state index in [0.717, 1.165) is 44.8 Å². The van der Waals surface area contributed by atoms with Gasteiger partial charge in [-0.2, -0.15) is 5.10 Å². The highest BCUT2D eigenvalue weighted by molar-refractivity contribution is 8.00. The third-order valence-corrected chi connectivity index (χ3v) is 8.82. The van der Waals surface area contributed by atoms with E-state index in [1.54, 1.807) is 16.7 Å². The Kier molecular flexibility index (Phi) is 7.93. The molecule has 0 fully saturated rings. The molecule has 2 heterocycles. The second-order valence-corrected chi connectivity index (χ2v) is 11.5. The normalized spacial score (nSPS) is 14.8. The molecule has 1 atom stereocenters. The van der Waals surface area contributed by atoms with Crippen molar-refractivity contribution in [2.75, 3.05) is 17.2 Å². The first-order valence-corrected chi connectivity index (χ1v) is 15.1. The molecular formula is C35H32N4O2S. The third kappa shape index (κ3) is 5.48. The van der Waals surface area contributed by atoms with Gasteiger partial charge in [-0.1, -0.05) is 103 Å². The van der Waals surface area contributed by atoms with Gasteiger partial charge in [0, 0.05) is 17.7 Å². The minimum Gasteiger partial charge on any atom is -0.350 e. The van der Waals surface area contributed by atoms with Gasteiger partial charge in [-0.3, -0.25) is 14.5 Å². The maximum atomic E-state index is 13.9. The molecule has 0 bridgehead atoms. The van der Waals surface area contributed by atoms with Crippen LogP contribution in [-0.2, 0) is 16.1 Å². The smallest absolute Gasteiger partial charge is 0.240 e. The molecule has 210 valence electrons. The minimum absolute atomic E-state index is 0.106. The Morgan fingerprint density at radius 1 is 0.857 bits per heavy atom. The van der Waals surface area contributed by atoms with Crippen LogP contribution in [0.3, 0.4) is 0 Å². The van der Waals surface area contributed by atoms with E-state index in [9.17, 15) is 9.59 Å². The van der Waals surface area contributed by atoms with Crippen LogP contribution >= 0.6 is 11.8 Å². The lowest BCUT2D eigenvalue weighted by Crippen LogP contribution is -2.42. The number of thioether (sulfide) groups is 1. The molecule has 7 heteroatoms. The number of hydrogen-bond acceptors (Lipinski definition) is 4. The van der Waals surface area contributed by atoms with Crippen molar-refractivity contribution in [3.63, 3.8) is 0 Å². The van der Waals surface area contributed by atoms with Gasteiger partial charge in [0.1, 0.15) is 12.4 Å². The number of anilines is 1. The van der Waals surface area contributed by atoms with E-state index in [4.69, 9.17) is 5.10 Å². The SMILES string of the molecule is Cc1ccccc1C1SCC(=O)N(CC(=O)NCc2ccccc2)c2c1c(-c1ccccc1)nn2-c1ccccc1C. The molecule has 0 saturated carbocycles. The summed E-state index contributed by atoms with van der Waals surface area (Å²) in [6.07, 6.45) is 0. The van der Waals surface area contributed by atoms with Gasteiger partial charge in [0.2, 0.25) is 11.8 Å². The average molecular weight is 573 g/mol. The van der Waals surface area contributed by atoms with Crippen LogP contribution in [0.25, 0.3) is 16.9 Å². The summed E-state index contributed by atoms with van der Waals surface area (Å²) in [5, 5.41) is 8.06. The number of amides is 2. The molecule has 1 aliphatic rings. The molecule has 0 spiro atoms. The van der Waals surface area contributed by atoms with Crippen LogP contribution in [0, 0.1) is 13.8 Å². The molecule has 0 radical (unpaired) electrons. The Labute approximate surface area is 250 Å².